The smallest absolute Gasteiger partial charge is 0.253 e. The second-order valence-electron chi connectivity index (χ2n) is 6.63. The zero-order valence-corrected chi connectivity index (χ0v) is 16.5. The largest absolute Gasteiger partial charge is 0.337 e. The monoisotopic (exact) mass is 374 g/mol. The lowest BCUT2D eigenvalue weighted by atomic mass is 10.1. The van der Waals surface area contributed by atoms with Gasteiger partial charge in [0, 0.05) is 25.2 Å². The van der Waals surface area contributed by atoms with Crippen molar-refractivity contribution in [2.45, 2.75) is 44.7 Å². The van der Waals surface area contributed by atoms with Crippen molar-refractivity contribution in [3.8, 4) is 0 Å². The van der Waals surface area contributed by atoms with Gasteiger partial charge in [0.15, 0.2) is 0 Å². The Labute approximate surface area is 156 Å². The molecular weight excluding hydrogens is 348 g/mol. The molecule has 2 aromatic carbocycles. The van der Waals surface area contributed by atoms with E-state index in [2.05, 4.69) is 23.8 Å². The molecule has 6 heteroatoms. The van der Waals surface area contributed by atoms with Crippen molar-refractivity contribution in [3.63, 3.8) is 0 Å². The summed E-state index contributed by atoms with van der Waals surface area (Å²) in [6.45, 7) is 6.12. The van der Waals surface area contributed by atoms with Crippen molar-refractivity contribution >= 4 is 15.9 Å². The number of carbonyl (C=O) groups is 1. The first-order valence-electron chi connectivity index (χ1n) is 8.68. The van der Waals surface area contributed by atoms with Gasteiger partial charge in [-0.25, -0.2) is 13.1 Å². The summed E-state index contributed by atoms with van der Waals surface area (Å²) in [5.74, 6) is -0.148. The maximum Gasteiger partial charge on any atom is 0.253 e. The van der Waals surface area contributed by atoms with E-state index in [-0.39, 0.29) is 16.8 Å². The molecule has 0 radical (unpaired) electrons. The van der Waals surface area contributed by atoms with E-state index in [1.165, 1.54) is 17.7 Å². The predicted octanol–water partition coefficient (Wildman–Crippen LogP) is 3.21. The molecule has 0 aromatic heterocycles. The van der Waals surface area contributed by atoms with Crippen LogP contribution in [0.2, 0.25) is 0 Å². The lowest BCUT2D eigenvalue weighted by Crippen LogP contribution is -2.30. The number of nitrogens with one attached hydrogen (secondary N) is 1. The van der Waals surface area contributed by atoms with Gasteiger partial charge in [0.2, 0.25) is 10.0 Å². The Morgan fingerprint density at radius 1 is 1.00 bits per heavy atom. The SMILES string of the molecule is CCc1ccc(CN(C)C(=O)c2ccc(S(=O)(=O)NC(C)C)cc2)cc1. The predicted molar refractivity (Wildman–Crippen MR) is 104 cm³/mol. The van der Waals surface area contributed by atoms with E-state index in [1.54, 1.807) is 37.9 Å². The Morgan fingerprint density at radius 3 is 2.04 bits per heavy atom. The fourth-order valence-corrected chi connectivity index (χ4v) is 3.85. The number of carbonyl (C=O) groups excluding carboxylic acids is 1. The highest BCUT2D eigenvalue weighted by molar-refractivity contribution is 7.89. The van der Waals surface area contributed by atoms with Crippen LogP contribution in [0.3, 0.4) is 0 Å². The molecule has 2 rings (SSSR count). The Kier molecular flexibility index (Phi) is 6.56. The summed E-state index contributed by atoms with van der Waals surface area (Å²) in [4.78, 5) is 14.3. The van der Waals surface area contributed by atoms with Gasteiger partial charge in [0.1, 0.15) is 0 Å². The second-order valence-corrected chi connectivity index (χ2v) is 8.35. The van der Waals surface area contributed by atoms with Gasteiger partial charge in [-0.3, -0.25) is 4.79 Å². The molecule has 0 spiro atoms. The van der Waals surface area contributed by atoms with E-state index < -0.39 is 10.0 Å². The fourth-order valence-electron chi connectivity index (χ4n) is 2.60. The Balaban J connectivity index is 2.08. The van der Waals surface area contributed by atoms with E-state index in [9.17, 15) is 13.2 Å². The van der Waals surface area contributed by atoms with Crippen LogP contribution in [-0.2, 0) is 23.0 Å². The number of amides is 1. The summed E-state index contributed by atoms with van der Waals surface area (Å²) in [5.41, 5.74) is 2.77. The van der Waals surface area contributed by atoms with Crippen LogP contribution >= 0.6 is 0 Å². The lowest BCUT2D eigenvalue weighted by molar-refractivity contribution is 0.0785. The molecular formula is C20H26N2O3S. The van der Waals surface area contributed by atoms with Crippen LogP contribution in [-0.4, -0.2) is 32.3 Å². The number of hydrogen-bond acceptors (Lipinski definition) is 3. The average Bonchev–Trinajstić information content (AvgIpc) is 2.60. The van der Waals surface area contributed by atoms with Crippen LogP contribution in [0.15, 0.2) is 53.4 Å². The van der Waals surface area contributed by atoms with Gasteiger partial charge >= 0.3 is 0 Å². The first kappa shape index (κ1) is 20.1. The van der Waals surface area contributed by atoms with Gasteiger partial charge < -0.3 is 4.90 Å². The third-order valence-corrected chi connectivity index (χ3v) is 5.67. The van der Waals surface area contributed by atoms with Gasteiger partial charge in [0.25, 0.3) is 5.91 Å². The fraction of sp³-hybridized carbons (Fsp3) is 0.350. The molecule has 0 aliphatic carbocycles. The first-order valence-corrected chi connectivity index (χ1v) is 10.2. The summed E-state index contributed by atoms with van der Waals surface area (Å²) >= 11 is 0. The second kappa shape index (κ2) is 8.47. The highest BCUT2D eigenvalue weighted by atomic mass is 32.2. The molecule has 5 nitrogen and oxygen atoms in total. The maximum absolute atomic E-state index is 12.6. The summed E-state index contributed by atoms with van der Waals surface area (Å²) < 4.78 is 26.8. The molecule has 0 aliphatic rings. The van der Waals surface area contributed by atoms with E-state index in [0.29, 0.717) is 12.1 Å². The molecule has 0 atom stereocenters. The van der Waals surface area contributed by atoms with E-state index in [0.717, 1.165) is 12.0 Å². The van der Waals surface area contributed by atoms with Crippen molar-refractivity contribution in [2.75, 3.05) is 7.05 Å². The molecule has 0 saturated heterocycles. The normalized spacial score (nSPS) is 11.6. The lowest BCUT2D eigenvalue weighted by Gasteiger charge is -2.18. The minimum Gasteiger partial charge on any atom is -0.337 e. The summed E-state index contributed by atoms with van der Waals surface area (Å²) in [6.07, 6.45) is 0.982. The van der Waals surface area contributed by atoms with Crippen LogP contribution in [0.4, 0.5) is 0 Å². The first-order chi connectivity index (χ1) is 12.2. The average molecular weight is 375 g/mol. The van der Waals surface area contributed by atoms with Gasteiger partial charge in [-0.1, -0.05) is 31.2 Å². The zero-order valence-electron chi connectivity index (χ0n) is 15.7. The van der Waals surface area contributed by atoms with Crippen molar-refractivity contribution in [3.05, 3.63) is 65.2 Å². The van der Waals surface area contributed by atoms with Crippen molar-refractivity contribution < 1.29 is 13.2 Å². The van der Waals surface area contributed by atoms with E-state index >= 15 is 0 Å². The summed E-state index contributed by atoms with van der Waals surface area (Å²) in [5, 5.41) is 0. The highest BCUT2D eigenvalue weighted by Crippen LogP contribution is 2.14. The third-order valence-electron chi connectivity index (χ3n) is 4.00. The van der Waals surface area contributed by atoms with Gasteiger partial charge in [-0.2, -0.15) is 0 Å². The number of benzene rings is 2. The molecule has 140 valence electrons. The molecule has 0 saturated carbocycles. The van der Waals surface area contributed by atoms with E-state index in [4.69, 9.17) is 0 Å². The molecule has 2 aromatic rings. The Hall–Kier alpha value is -2.18. The molecule has 0 bridgehead atoms. The number of sulfonamides is 1. The van der Waals surface area contributed by atoms with Crippen LogP contribution in [0.25, 0.3) is 0 Å². The van der Waals surface area contributed by atoms with E-state index in [1.807, 2.05) is 12.1 Å². The molecule has 0 fully saturated rings. The summed E-state index contributed by atoms with van der Waals surface area (Å²) in [7, 11) is -1.82. The standard InChI is InChI=1S/C20H26N2O3S/c1-5-16-6-8-17(9-7-16)14-22(4)20(23)18-10-12-19(13-11-18)26(24,25)21-15(2)3/h6-13,15,21H,5,14H2,1-4H3. The van der Waals surface area contributed by atoms with Crippen molar-refractivity contribution in [1.29, 1.82) is 0 Å². The van der Waals surface area contributed by atoms with Crippen LogP contribution < -0.4 is 4.72 Å². The third kappa shape index (κ3) is 5.16. The molecule has 0 unspecified atom stereocenters. The van der Waals surface area contributed by atoms with Crippen LogP contribution in [0.5, 0.6) is 0 Å². The maximum atomic E-state index is 12.6. The molecule has 1 N–H and O–H groups in total. The Morgan fingerprint density at radius 2 is 1.54 bits per heavy atom. The highest BCUT2D eigenvalue weighted by Gasteiger charge is 2.17. The molecule has 0 heterocycles. The number of rotatable bonds is 7. The number of aryl methyl sites for hydroxylation is 1. The Bertz CT molecular complexity index is 842. The van der Waals surface area contributed by atoms with Crippen molar-refractivity contribution in [1.82, 2.24) is 9.62 Å². The van der Waals surface area contributed by atoms with Crippen molar-refractivity contribution in [2.24, 2.45) is 0 Å². The molecule has 0 aliphatic heterocycles. The minimum atomic E-state index is -3.55. The van der Waals surface area contributed by atoms with Gasteiger partial charge in [0.05, 0.1) is 4.90 Å². The summed E-state index contributed by atoms with van der Waals surface area (Å²) in [6, 6.07) is 14.0. The zero-order chi connectivity index (χ0) is 19.3. The molecule has 26 heavy (non-hydrogen) atoms. The van der Waals surface area contributed by atoms with Gasteiger partial charge in [-0.15, -0.1) is 0 Å². The molecule has 1 amide bonds. The topological polar surface area (TPSA) is 66.5 Å². The van der Waals surface area contributed by atoms with Gasteiger partial charge in [-0.05, 0) is 55.7 Å². The quantitative estimate of drug-likeness (QED) is 0.809. The van der Waals surface area contributed by atoms with Crippen LogP contribution in [0.1, 0.15) is 42.3 Å². The van der Waals surface area contributed by atoms with Crippen LogP contribution in [0, 0.1) is 0 Å². The number of hydrogen-bond donors (Lipinski definition) is 1. The minimum absolute atomic E-state index is 0.148. The number of nitrogens with zero attached hydrogens (tertiary/aromatic N) is 1.